The monoisotopic (exact) mass is 375 g/mol. The van der Waals surface area contributed by atoms with Crippen molar-refractivity contribution in [3.05, 3.63) is 46.3 Å². The maximum atomic E-state index is 12.3. The van der Waals surface area contributed by atoms with E-state index in [0.29, 0.717) is 12.1 Å². The molecular weight excluding hydrogens is 354 g/mol. The number of thioether (sulfide) groups is 1. The molecular formula is C18H21N3O2S2. The van der Waals surface area contributed by atoms with E-state index in [4.69, 9.17) is 0 Å². The van der Waals surface area contributed by atoms with Gasteiger partial charge in [-0.3, -0.25) is 9.59 Å². The molecule has 0 aromatic carbocycles. The number of nitrogens with one attached hydrogen (secondary N) is 1. The predicted octanol–water partition coefficient (Wildman–Crippen LogP) is 3.18. The molecule has 0 bridgehead atoms. The van der Waals surface area contributed by atoms with Crippen LogP contribution in [0.4, 0.5) is 0 Å². The average molecular weight is 376 g/mol. The van der Waals surface area contributed by atoms with Crippen molar-refractivity contribution >= 4 is 34.9 Å². The maximum Gasteiger partial charge on any atom is 0.255 e. The molecule has 0 spiro atoms. The molecule has 1 aliphatic heterocycles. The Morgan fingerprint density at radius 1 is 1.32 bits per heavy atom. The molecule has 1 fully saturated rings. The van der Waals surface area contributed by atoms with Gasteiger partial charge in [-0.15, -0.1) is 11.3 Å². The van der Waals surface area contributed by atoms with Crippen molar-refractivity contribution in [2.45, 2.75) is 36.6 Å². The summed E-state index contributed by atoms with van der Waals surface area (Å²) >= 11 is 3.02. The molecule has 1 aliphatic rings. The molecule has 1 atom stereocenters. The van der Waals surface area contributed by atoms with Crippen LogP contribution in [0.15, 0.2) is 40.9 Å². The summed E-state index contributed by atoms with van der Waals surface area (Å²) in [7, 11) is 0. The molecule has 7 heteroatoms. The van der Waals surface area contributed by atoms with E-state index in [1.54, 1.807) is 23.6 Å². The number of hydrogen-bond donors (Lipinski definition) is 1. The molecule has 2 aromatic rings. The summed E-state index contributed by atoms with van der Waals surface area (Å²) in [4.78, 5) is 31.8. The number of carbonyl (C=O) groups is 2. The number of carbonyl (C=O) groups excluding carboxylic acids is 2. The number of nitrogens with zero attached hydrogens (tertiary/aromatic N) is 2. The highest BCUT2D eigenvalue weighted by Crippen LogP contribution is 2.22. The van der Waals surface area contributed by atoms with Crippen LogP contribution in [0.5, 0.6) is 0 Å². The standard InChI is InChI=1S/C18H21N3O2S2/c1-13(17(22)20-12-15-5-4-10-24-15)25-16-7-6-14(11-19-16)18(23)21-8-2-3-9-21/h4-7,10-11,13H,2-3,8-9,12H2,1H3,(H,20,22). The largest absolute Gasteiger partial charge is 0.350 e. The highest BCUT2D eigenvalue weighted by atomic mass is 32.2. The average Bonchev–Trinajstić information content (AvgIpc) is 3.33. The molecule has 1 N–H and O–H groups in total. The lowest BCUT2D eigenvalue weighted by atomic mass is 10.2. The van der Waals surface area contributed by atoms with Gasteiger partial charge < -0.3 is 10.2 Å². The van der Waals surface area contributed by atoms with E-state index in [0.717, 1.165) is 35.8 Å². The van der Waals surface area contributed by atoms with Gasteiger partial charge in [0, 0.05) is 24.2 Å². The predicted molar refractivity (Wildman–Crippen MR) is 101 cm³/mol. The van der Waals surface area contributed by atoms with Crippen molar-refractivity contribution in [3.8, 4) is 0 Å². The zero-order valence-electron chi connectivity index (χ0n) is 14.1. The first kappa shape index (κ1) is 17.9. The van der Waals surface area contributed by atoms with Gasteiger partial charge in [0.25, 0.3) is 5.91 Å². The van der Waals surface area contributed by atoms with E-state index >= 15 is 0 Å². The summed E-state index contributed by atoms with van der Waals surface area (Å²) in [6.45, 7) is 4.07. The zero-order valence-corrected chi connectivity index (χ0v) is 15.7. The molecule has 5 nitrogen and oxygen atoms in total. The minimum Gasteiger partial charge on any atom is -0.350 e. The number of thiophene rings is 1. The molecule has 132 valence electrons. The van der Waals surface area contributed by atoms with Gasteiger partial charge in [-0.25, -0.2) is 4.98 Å². The topological polar surface area (TPSA) is 62.3 Å². The number of rotatable bonds is 6. The number of likely N-dealkylation sites (tertiary alicyclic amines) is 1. The fourth-order valence-corrected chi connectivity index (χ4v) is 4.10. The third-order valence-corrected chi connectivity index (χ3v) is 5.99. The Bertz CT molecular complexity index is 710. The van der Waals surface area contributed by atoms with E-state index < -0.39 is 0 Å². The second kappa shape index (κ2) is 8.49. The molecule has 0 aliphatic carbocycles. The van der Waals surface area contributed by atoms with Crippen molar-refractivity contribution in [1.29, 1.82) is 0 Å². The summed E-state index contributed by atoms with van der Waals surface area (Å²) in [5.41, 5.74) is 0.612. The number of aromatic nitrogens is 1. The lowest BCUT2D eigenvalue weighted by Gasteiger charge is -2.15. The molecule has 2 aromatic heterocycles. The molecule has 0 radical (unpaired) electrons. The van der Waals surface area contributed by atoms with Crippen molar-refractivity contribution in [2.75, 3.05) is 13.1 Å². The molecule has 25 heavy (non-hydrogen) atoms. The van der Waals surface area contributed by atoms with Crippen LogP contribution in [-0.2, 0) is 11.3 Å². The normalized spacial score (nSPS) is 15.2. The van der Waals surface area contributed by atoms with E-state index in [1.807, 2.05) is 35.4 Å². The van der Waals surface area contributed by atoms with Crippen molar-refractivity contribution in [2.24, 2.45) is 0 Å². The lowest BCUT2D eigenvalue weighted by molar-refractivity contribution is -0.120. The van der Waals surface area contributed by atoms with Gasteiger partial charge in [0.15, 0.2) is 0 Å². The van der Waals surface area contributed by atoms with Gasteiger partial charge in [0.1, 0.15) is 0 Å². The summed E-state index contributed by atoms with van der Waals surface area (Å²) in [6, 6.07) is 7.59. The maximum absolute atomic E-state index is 12.3. The van der Waals surface area contributed by atoms with Crippen LogP contribution in [-0.4, -0.2) is 40.0 Å². The molecule has 2 amide bonds. The highest BCUT2D eigenvalue weighted by molar-refractivity contribution is 8.00. The van der Waals surface area contributed by atoms with E-state index in [2.05, 4.69) is 10.3 Å². The van der Waals surface area contributed by atoms with Gasteiger partial charge in [-0.1, -0.05) is 17.8 Å². The Morgan fingerprint density at radius 3 is 2.76 bits per heavy atom. The molecule has 3 heterocycles. The first-order valence-corrected chi connectivity index (χ1v) is 10.1. The molecule has 1 saturated heterocycles. The van der Waals surface area contributed by atoms with Gasteiger partial charge in [-0.05, 0) is 43.3 Å². The van der Waals surface area contributed by atoms with Crippen LogP contribution in [0.25, 0.3) is 0 Å². The van der Waals surface area contributed by atoms with Crippen LogP contribution in [0.2, 0.25) is 0 Å². The second-order valence-electron chi connectivity index (χ2n) is 5.94. The molecule has 3 rings (SSSR count). The van der Waals surface area contributed by atoms with Crippen LogP contribution in [0.1, 0.15) is 35.0 Å². The number of pyridine rings is 1. The van der Waals surface area contributed by atoms with Crippen LogP contribution in [0.3, 0.4) is 0 Å². The van der Waals surface area contributed by atoms with Crippen LogP contribution < -0.4 is 5.32 Å². The van der Waals surface area contributed by atoms with E-state index in [-0.39, 0.29) is 17.1 Å². The summed E-state index contributed by atoms with van der Waals surface area (Å²) in [5.74, 6) is 0.0284. The van der Waals surface area contributed by atoms with Gasteiger partial charge in [-0.2, -0.15) is 0 Å². The fourth-order valence-electron chi connectivity index (χ4n) is 2.65. The van der Waals surface area contributed by atoms with Crippen molar-refractivity contribution in [3.63, 3.8) is 0 Å². The number of hydrogen-bond acceptors (Lipinski definition) is 5. The summed E-state index contributed by atoms with van der Waals surface area (Å²) in [6.07, 6.45) is 3.76. The van der Waals surface area contributed by atoms with E-state index in [1.165, 1.54) is 11.8 Å². The molecule has 0 saturated carbocycles. The first-order valence-electron chi connectivity index (χ1n) is 8.35. The summed E-state index contributed by atoms with van der Waals surface area (Å²) in [5, 5.41) is 5.43. The Hall–Kier alpha value is -1.86. The molecule has 1 unspecified atom stereocenters. The minimum atomic E-state index is -0.243. The van der Waals surface area contributed by atoms with Crippen LogP contribution >= 0.6 is 23.1 Å². The Kier molecular flexibility index (Phi) is 6.09. The Morgan fingerprint density at radius 2 is 2.12 bits per heavy atom. The van der Waals surface area contributed by atoms with Gasteiger partial charge >= 0.3 is 0 Å². The van der Waals surface area contributed by atoms with Gasteiger partial charge in [0.05, 0.1) is 22.4 Å². The first-order chi connectivity index (χ1) is 12.1. The zero-order chi connectivity index (χ0) is 17.6. The lowest BCUT2D eigenvalue weighted by Crippen LogP contribution is -2.30. The third kappa shape index (κ3) is 4.83. The minimum absolute atomic E-state index is 0.0163. The van der Waals surface area contributed by atoms with Crippen LogP contribution in [0, 0.1) is 0 Å². The quantitative estimate of drug-likeness (QED) is 0.788. The van der Waals surface area contributed by atoms with Crippen molar-refractivity contribution < 1.29 is 9.59 Å². The third-order valence-electron chi connectivity index (χ3n) is 4.06. The Balaban J connectivity index is 1.51. The van der Waals surface area contributed by atoms with Gasteiger partial charge in [0.2, 0.25) is 5.91 Å². The second-order valence-corrected chi connectivity index (χ2v) is 8.33. The van der Waals surface area contributed by atoms with E-state index in [9.17, 15) is 9.59 Å². The Labute approximate surface area is 155 Å². The highest BCUT2D eigenvalue weighted by Gasteiger charge is 2.20. The fraction of sp³-hybridized carbons (Fsp3) is 0.389. The smallest absolute Gasteiger partial charge is 0.255 e. The SMILES string of the molecule is CC(Sc1ccc(C(=O)N2CCCC2)cn1)C(=O)NCc1cccs1. The number of amides is 2. The van der Waals surface area contributed by atoms with Crippen molar-refractivity contribution in [1.82, 2.24) is 15.2 Å². The summed E-state index contributed by atoms with van der Waals surface area (Å²) < 4.78 is 0.